The quantitative estimate of drug-likeness (QED) is 0.726. The molecule has 2 bridgehead atoms. The molecule has 2 aliphatic carbocycles. The van der Waals surface area contributed by atoms with Gasteiger partial charge in [0, 0.05) is 10.8 Å². The van der Waals surface area contributed by atoms with Crippen LogP contribution in [-0.4, -0.2) is 29.2 Å². The lowest BCUT2D eigenvalue weighted by atomic mass is 9.53. The van der Waals surface area contributed by atoms with E-state index in [1.807, 2.05) is 0 Å². The van der Waals surface area contributed by atoms with E-state index < -0.39 is 11.4 Å². The van der Waals surface area contributed by atoms with Crippen LogP contribution in [0.25, 0.3) is 0 Å². The molecule has 1 spiro atoms. The van der Waals surface area contributed by atoms with Crippen molar-refractivity contribution in [2.75, 3.05) is 6.61 Å². The van der Waals surface area contributed by atoms with Gasteiger partial charge in [-0.05, 0) is 38.7 Å². The molecule has 1 saturated carbocycles. The van der Waals surface area contributed by atoms with Gasteiger partial charge in [-0.2, -0.15) is 0 Å². The topological polar surface area (TPSA) is 38.7 Å². The van der Waals surface area contributed by atoms with Crippen LogP contribution in [0, 0.1) is 10.8 Å². The molecule has 0 unspecified atom stereocenters. The Morgan fingerprint density at radius 3 is 2.83 bits per heavy atom. The number of rotatable bonds is 1. The normalized spacial score (nSPS) is 60.9. The first-order chi connectivity index (χ1) is 8.43. The number of ether oxygens (including phenoxy) is 2. The third-order valence-electron chi connectivity index (χ3n) is 6.69. The summed E-state index contributed by atoms with van der Waals surface area (Å²) in [6.45, 7) is 6.85. The Kier molecular flexibility index (Phi) is 1.82. The highest BCUT2D eigenvalue weighted by Crippen LogP contribution is 2.77. The van der Waals surface area contributed by atoms with Crippen LogP contribution in [-0.2, 0) is 9.47 Å². The van der Waals surface area contributed by atoms with Crippen LogP contribution in [0.2, 0.25) is 0 Å². The van der Waals surface area contributed by atoms with Gasteiger partial charge in [0.25, 0.3) is 0 Å². The minimum atomic E-state index is -0.575. The van der Waals surface area contributed by atoms with Crippen LogP contribution < -0.4 is 0 Å². The van der Waals surface area contributed by atoms with Gasteiger partial charge in [-0.3, -0.25) is 0 Å². The van der Waals surface area contributed by atoms with Crippen LogP contribution in [0.5, 0.6) is 0 Å². The summed E-state index contributed by atoms with van der Waals surface area (Å²) in [5.41, 5.74) is 0.915. The van der Waals surface area contributed by atoms with E-state index in [0.29, 0.717) is 0 Å². The number of fused-ring (bicyclic) bond motifs is 1. The molecule has 0 aromatic heterocycles. The van der Waals surface area contributed by atoms with Crippen LogP contribution in [0.15, 0.2) is 11.6 Å². The summed E-state index contributed by atoms with van der Waals surface area (Å²) < 4.78 is 12.7. The van der Waals surface area contributed by atoms with Crippen molar-refractivity contribution in [2.45, 2.75) is 63.9 Å². The lowest BCUT2D eigenvalue weighted by Gasteiger charge is -2.53. The molecule has 2 heterocycles. The van der Waals surface area contributed by atoms with Crippen molar-refractivity contribution in [3.63, 3.8) is 0 Å². The highest BCUT2D eigenvalue weighted by molar-refractivity contribution is 5.34. The van der Waals surface area contributed by atoms with Crippen molar-refractivity contribution in [3.8, 4) is 0 Å². The fraction of sp³-hybridized carbons (Fsp3) is 0.867. The molecular weight excluding hydrogens is 228 g/mol. The molecule has 100 valence electrons. The van der Waals surface area contributed by atoms with E-state index in [9.17, 15) is 5.11 Å². The van der Waals surface area contributed by atoms with Crippen molar-refractivity contribution < 1.29 is 14.6 Å². The van der Waals surface area contributed by atoms with Gasteiger partial charge in [-0.25, -0.2) is 0 Å². The van der Waals surface area contributed by atoms with Crippen molar-refractivity contribution in [1.29, 1.82) is 0 Å². The van der Waals surface area contributed by atoms with Gasteiger partial charge in [0.1, 0.15) is 5.60 Å². The molecule has 2 aliphatic heterocycles. The second kappa shape index (κ2) is 2.87. The molecule has 1 N–H and O–H groups in total. The van der Waals surface area contributed by atoms with Crippen LogP contribution in [0.1, 0.15) is 46.5 Å². The molecule has 3 heteroatoms. The van der Waals surface area contributed by atoms with E-state index in [0.717, 1.165) is 25.7 Å². The predicted octanol–water partition coefficient (Wildman–Crippen LogP) is 2.39. The summed E-state index contributed by atoms with van der Waals surface area (Å²) in [6.07, 6.45) is 6.59. The minimum absolute atomic E-state index is 0.00472. The average Bonchev–Trinajstić information content (AvgIpc) is 2.82. The van der Waals surface area contributed by atoms with Gasteiger partial charge >= 0.3 is 0 Å². The Labute approximate surface area is 108 Å². The summed E-state index contributed by atoms with van der Waals surface area (Å²) >= 11 is 0. The maximum Gasteiger partial charge on any atom is 0.195 e. The Morgan fingerprint density at radius 1 is 1.33 bits per heavy atom. The molecule has 4 rings (SSSR count). The summed E-state index contributed by atoms with van der Waals surface area (Å²) in [7, 11) is 0. The molecule has 2 saturated heterocycles. The third-order valence-corrected chi connectivity index (χ3v) is 6.69. The second-order valence-corrected chi connectivity index (χ2v) is 7.12. The van der Waals surface area contributed by atoms with Crippen LogP contribution in [0.3, 0.4) is 0 Å². The Hall–Kier alpha value is -0.380. The number of aliphatic hydroxyl groups is 1. The van der Waals surface area contributed by atoms with Gasteiger partial charge in [-0.1, -0.05) is 19.4 Å². The molecule has 3 nitrogen and oxygen atoms in total. The third kappa shape index (κ3) is 0.825. The predicted molar refractivity (Wildman–Crippen MR) is 66.9 cm³/mol. The van der Waals surface area contributed by atoms with E-state index in [1.54, 1.807) is 0 Å². The minimum Gasteiger partial charge on any atom is -0.393 e. The highest BCUT2D eigenvalue weighted by atomic mass is 16.8. The summed E-state index contributed by atoms with van der Waals surface area (Å²) in [5.74, 6) is -0.575. The summed E-state index contributed by atoms with van der Waals surface area (Å²) in [5, 5.41) is 9.99. The Morgan fingerprint density at radius 2 is 2.11 bits per heavy atom. The smallest absolute Gasteiger partial charge is 0.195 e. The van der Waals surface area contributed by atoms with E-state index in [4.69, 9.17) is 9.47 Å². The maximum absolute atomic E-state index is 9.99. The van der Waals surface area contributed by atoms with Gasteiger partial charge in [0.05, 0.1) is 12.7 Å². The SMILES string of the molecule is CC1=C[C@]23O[C@@H]4CC[C@](C)([C@@]2(C)CC1)[C@]4(CO)O3. The molecule has 0 aromatic rings. The fourth-order valence-electron chi connectivity index (χ4n) is 5.25. The van der Waals surface area contributed by atoms with Gasteiger partial charge in [-0.15, -0.1) is 0 Å². The molecule has 3 fully saturated rings. The largest absolute Gasteiger partial charge is 0.393 e. The van der Waals surface area contributed by atoms with E-state index in [-0.39, 0.29) is 23.5 Å². The molecule has 0 aromatic carbocycles. The Bertz CT molecular complexity index is 459. The fourth-order valence-corrected chi connectivity index (χ4v) is 5.25. The monoisotopic (exact) mass is 250 g/mol. The van der Waals surface area contributed by atoms with Crippen molar-refractivity contribution in [3.05, 3.63) is 11.6 Å². The standard InChI is InChI=1S/C15H22O3/c1-10-4-6-13(3)12(2)7-5-11-14(12,9-16)18-15(13,8-10)17-11/h8,11,16H,4-7,9H2,1-3H3/t11-,12-,13-,14-,15-/m1/s1. The van der Waals surface area contributed by atoms with Gasteiger partial charge in [0.2, 0.25) is 0 Å². The molecule has 4 aliphatic rings. The van der Waals surface area contributed by atoms with Gasteiger partial charge in [0.15, 0.2) is 5.79 Å². The maximum atomic E-state index is 9.99. The summed E-state index contributed by atoms with van der Waals surface area (Å²) in [6, 6.07) is 0. The highest BCUT2D eigenvalue weighted by Gasteiger charge is 2.84. The zero-order chi connectivity index (χ0) is 12.8. The Balaban J connectivity index is 1.98. The first-order valence-corrected chi connectivity index (χ1v) is 7.10. The number of hydrogen-bond donors (Lipinski definition) is 1. The second-order valence-electron chi connectivity index (χ2n) is 7.12. The molecule has 0 radical (unpaired) electrons. The first-order valence-electron chi connectivity index (χ1n) is 7.10. The molecule has 18 heavy (non-hydrogen) atoms. The van der Waals surface area contributed by atoms with Crippen LogP contribution in [0.4, 0.5) is 0 Å². The average molecular weight is 250 g/mol. The zero-order valence-electron chi connectivity index (χ0n) is 11.5. The van der Waals surface area contributed by atoms with E-state index >= 15 is 0 Å². The van der Waals surface area contributed by atoms with E-state index in [1.165, 1.54) is 5.57 Å². The van der Waals surface area contributed by atoms with Crippen LogP contribution >= 0.6 is 0 Å². The number of hydrogen-bond acceptors (Lipinski definition) is 3. The summed E-state index contributed by atoms with van der Waals surface area (Å²) in [4.78, 5) is 0. The zero-order valence-corrected chi connectivity index (χ0v) is 11.5. The molecule has 0 amide bonds. The number of aliphatic hydroxyl groups excluding tert-OH is 1. The molecular formula is C15H22O3. The first kappa shape index (κ1) is 11.4. The lowest BCUT2D eigenvalue weighted by molar-refractivity contribution is -0.199. The molecule has 5 atom stereocenters. The van der Waals surface area contributed by atoms with E-state index in [2.05, 4.69) is 26.8 Å². The number of allylic oxidation sites excluding steroid dienone is 1. The lowest BCUT2D eigenvalue weighted by Crippen LogP contribution is -2.60. The van der Waals surface area contributed by atoms with Gasteiger partial charge < -0.3 is 14.6 Å². The van der Waals surface area contributed by atoms with Crippen molar-refractivity contribution in [1.82, 2.24) is 0 Å². The van der Waals surface area contributed by atoms with Crippen molar-refractivity contribution in [2.24, 2.45) is 10.8 Å². The van der Waals surface area contributed by atoms with Crippen molar-refractivity contribution >= 4 is 0 Å².